The number of hydrogen-bond acceptors (Lipinski definition) is 7. The molecule has 0 spiro atoms. The average molecular weight is 288 g/mol. The van der Waals surface area contributed by atoms with Crippen molar-refractivity contribution in [3.05, 3.63) is 37.5 Å². The summed E-state index contributed by atoms with van der Waals surface area (Å²) in [5.41, 5.74) is 4.23. The number of nitrogens with zero attached hydrogens (tertiary/aromatic N) is 5. The van der Waals surface area contributed by atoms with Crippen LogP contribution in [0.5, 0.6) is 0 Å². The van der Waals surface area contributed by atoms with Crippen LogP contribution < -0.4 is 11.2 Å². The molecule has 1 aromatic rings. The van der Waals surface area contributed by atoms with Crippen LogP contribution in [0.15, 0.2) is 20.9 Å². The first-order valence-electron chi connectivity index (χ1n) is 5.30. The lowest BCUT2D eigenvalue weighted by Gasteiger charge is -2.23. The van der Waals surface area contributed by atoms with E-state index in [-0.39, 0.29) is 0 Å². The number of aliphatic hydroxyl groups is 2. The Morgan fingerprint density at radius 2 is 2.40 bits per heavy atom. The molecule has 0 amide bonds. The molecule has 1 aliphatic rings. The molecule has 0 radical (unpaired) electrons. The standard InChI is InChI=1S/C8H9FN6O5/c9-4-5(18)8(2-16,13-14-10)20-6(4)15-7(19)12-3(17)1-11-15/h1,4-6,16,18H,2H2,(H,12,17,19). The van der Waals surface area contributed by atoms with Crippen molar-refractivity contribution in [2.75, 3.05) is 6.61 Å². The number of aromatic amines is 1. The van der Waals surface area contributed by atoms with Crippen molar-refractivity contribution in [2.24, 2.45) is 5.11 Å². The Hall–Kier alpha value is -2.27. The van der Waals surface area contributed by atoms with Gasteiger partial charge in [-0.25, -0.2) is 9.18 Å². The topological polar surface area (TPSA) is 166 Å². The third-order valence-corrected chi connectivity index (χ3v) is 2.78. The largest absolute Gasteiger partial charge is 0.393 e. The van der Waals surface area contributed by atoms with Crippen molar-refractivity contribution >= 4 is 0 Å². The summed E-state index contributed by atoms with van der Waals surface area (Å²) in [6.07, 6.45) is -5.26. The number of aliphatic hydroxyl groups excluding tert-OH is 2. The summed E-state index contributed by atoms with van der Waals surface area (Å²) >= 11 is 0. The van der Waals surface area contributed by atoms with Gasteiger partial charge in [0.1, 0.15) is 12.3 Å². The highest BCUT2D eigenvalue weighted by Gasteiger charge is 2.56. The summed E-state index contributed by atoms with van der Waals surface area (Å²) in [6.45, 7) is -1.01. The van der Waals surface area contributed by atoms with Crippen molar-refractivity contribution < 1.29 is 19.3 Å². The predicted octanol–water partition coefficient (Wildman–Crippen LogP) is -1.84. The SMILES string of the molecule is [N-]=[N+]=NC1(CO)OC(n2ncc(=O)[nH]c2=O)C(F)C1O. The van der Waals surface area contributed by atoms with Gasteiger partial charge in [0.15, 0.2) is 12.4 Å². The second-order valence-corrected chi connectivity index (χ2v) is 3.97. The van der Waals surface area contributed by atoms with Gasteiger partial charge in [-0.2, -0.15) is 9.78 Å². The van der Waals surface area contributed by atoms with E-state index in [4.69, 9.17) is 15.4 Å². The van der Waals surface area contributed by atoms with E-state index in [0.717, 1.165) is 0 Å². The van der Waals surface area contributed by atoms with Crippen LogP contribution in [0.4, 0.5) is 4.39 Å². The van der Waals surface area contributed by atoms with Gasteiger partial charge in [0, 0.05) is 4.91 Å². The molecule has 4 atom stereocenters. The number of nitrogens with one attached hydrogen (secondary N) is 1. The number of H-pyrrole nitrogens is 1. The zero-order chi connectivity index (χ0) is 14.9. The second-order valence-electron chi connectivity index (χ2n) is 3.97. The van der Waals surface area contributed by atoms with E-state index in [1.54, 1.807) is 0 Å². The summed E-state index contributed by atoms with van der Waals surface area (Å²) in [4.78, 5) is 26.5. The molecule has 1 saturated heterocycles. The van der Waals surface area contributed by atoms with E-state index in [9.17, 15) is 19.1 Å². The van der Waals surface area contributed by atoms with Gasteiger partial charge in [-0.05, 0) is 5.53 Å². The van der Waals surface area contributed by atoms with E-state index < -0.39 is 42.1 Å². The smallest absolute Gasteiger partial charge is 0.347 e. The van der Waals surface area contributed by atoms with Crippen LogP contribution in [-0.4, -0.2) is 49.6 Å². The third-order valence-electron chi connectivity index (χ3n) is 2.78. The van der Waals surface area contributed by atoms with Crippen LogP contribution in [0, 0.1) is 0 Å². The minimum Gasteiger partial charge on any atom is -0.393 e. The maximum Gasteiger partial charge on any atom is 0.347 e. The van der Waals surface area contributed by atoms with Gasteiger partial charge in [-0.1, -0.05) is 5.11 Å². The Morgan fingerprint density at radius 3 is 2.95 bits per heavy atom. The normalized spacial score (nSPS) is 32.9. The number of rotatable bonds is 3. The Balaban J connectivity index is 2.47. The minimum atomic E-state index is -2.27. The first kappa shape index (κ1) is 14.1. The molecule has 1 fully saturated rings. The monoisotopic (exact) mass is 288 g/mol. The molecule has 1 aromatic heterocycles. The Bertz CT molecular complexity index is 668. The Morgan fingerprint density at radius 1 is 1.70 bits per heavy atom. The number of ether oxygens (including phenoxy) is 1. The van der Waals surface area contributed by atoms with E-state index in [1.807, 2.05) is 4.98 Å². The fraction of sp³-hybridized carbons (Fsp3) is 0.625. The molecule has 108 valence electrons. The zero-order valence-corrected chi connectivity index (χ0v) is 9.75. The number of azide groups is 1. The zero-order valence-electron chi connectivity index (χ0n) is 9.75. The molecule has 3 N–H and O–H groups in total. The van der Waals surface area contributed by atoms with Crippen LogP contribution in [-0.2, 0) is 4.74 Å². The lowest BCUT2D eigenvalue weighted by Crippen LogP contribution is -2.43. The lowest BCUT2D eigenvalue weighted by atomic mass is 10.1. The van der Waals surface area contributed by atoms with Crippen LogP contribution in [0.2, 0.25) is 0 Å². The fourth-order valence-corrected chi connectivity index (χ4v) is 1.80. The number of aromatic nitrogens is 3. The maximum absolute atomic E-state index is 14.0. The number of hydrogen-bond donors (Lipinski definition) is 3. The van der Waals surface area contributed by atoms with Gasteiger partial charge < -0.3 is 14.9 Å². The molecule has 0 bridgehead atoms. The van der Waals surface area contributed by atoms with Crippen molar-refractivity contribution in [2.45, 2.75) is 24.2 Å². The highest BCUT2D eigenvalue weighted by molar-refractivity contribution is 4.99. The van der Waals surface area contributed by atoms with Crippen LogP contribution in [0.1, 0.15) is 6.23 Å². The quantitative estimate of drug-likeness (QED) is 0.335. The highest BCUT2D eigenvalue weighted by Crippen LogP contribution is 2.38. The molecule has 0 aromatic carbocycles. The van der Waals surface area contributed by atoms with Gasteiger partial charge >= 0.3 is 5.69 Å². The van der Waals surface area contributed by atoms with Crippen LogP contribution in [0.25, 0.3) is 10.4 Å². The molecular formula is C8H9FN6O5. The molecule has 11 nitrogen and oxygen atoms in total. The minimum absolute atomic E-state index is 0.430. The first-order chi connectivity index (χ1) is 9.45. The van der Waals surface area contributed by atoms with Crippen molar-refractivity contribution in [3.63, 3.8) is 0 Å². The molecule has 0 saturated carbocycles. The van der Waals surface area contributed by atoms with Gasteiger partial charge in [0.05, 0.1) is 6.61 Å². The molecule has 4 unspecified atom stereocenters. The summed E-state index contributed by atoms with van der Waals surface area (Å²) in [5.74, 6) is 0. The third kappa shape index (κ3) is 2.06. The predicted molar refractivity (Wildman–Crippen MR) is 59.1 cm³/mol. The van der Waals surface area contributed by atoms with E-state index in [0.29, 0.717) is 10.9 Å². The summed E-state index contributed by atoms with van der Waals surface area (Å²) < 4.78 is 19.4. The van der Waals surface area contributed by atoms with E-state index in [1.165, 1.54) is 0 Å². The molecular weight excluding hydrogens is 279 g/mol. The van der Waals surface area contributed by atoms with E-state index in [2.05, 4.69) is 15.1 Å². The van der Waals surface area contributed by atoms with Gasteiger partial charge in [-0.15, -0.1) is 0 Å². The number of halogens is 1. The molecule has 12 heteroatoms. The summed E-state index contributed by atoms with van der Waals surface area (Å²) in [6, 6.07) is 0. The van der Waals surface area contributed by atoms with Crippen LogP contribution in [0.3, 0.4) is 0 Å². The molecule has 20 heavy (non-hydrogen) atoms. The average Bonchev–Trinajstić information content (AvgIpc) is 2.65. The molecule has 2 rings (SSSR count). The highest BCUT2D eigenvalue weighted by atomic mass is 19.1. The van der Waals surface area contributed by atoms with Crippen LogP contribution >= 0.6 is 0 Å². The molecule has 1 aliphatic heterocycles. The first-order valence-corrected chi connectivity index (χ1v) is 5.30. The fourth-order valence-electron chi connectivity index (χ4n) is 1.80. The second kappa shape index (κ2) is 5.02. The van der Waals surface area contributed by atoms with E-state index >= 15 is 0 Å². The summed E-state index contributed by atoms with van der Waals surface area (Å²) in [7, 11) is 0. The summed E-state index contributed by atoms with van der Waals surface area (Å²) in [5, 5.41) is 25.2. The van der Waals surface area contributed by atoms with Gasteiger partial charge in [0.2, 0.25) is 5.72 Å². The molecule has 2 heterocycles. The number of alkyl halides is 1. The van der Waals surface area contributed by atoms with Gasteiger partial charge in [-0.3, -0.25) is 9.78 Å². The lowest BCUT2D eigenvalue weighted by molar-refractivity contribution is -0.127. The van der Waals surface area contributed by atoms with Gasteiger partial charge in [0.25, 0.3) is 5.56 Å². The Kier molecular flexibility index (Phi) is 3.55. The maximum atomic E-state index is 14.0. The molecule has 0 aliphatic carbocycles. The van der Waals surface area contributed by atoms with Crippen molar-refractivity contribution in [3.8, 4) is 0 Å². The van der Waals surface area contributed by atoms with Crippen molar-refractivity contribution in [1.82, 2.24) is 14.8 Å². The Labute approximate surface area is 108 Å². The van der Waals surface area contributed by atoms with Crippen molar-refractivity contribution in [1.29, 1.82) is 0 Å².